The van der Waals surface area contributed by atoms with Gasteiger partial charge in [0.05, 0.1) is 5.39 Å². The zero-order chi connectivity index (χ0) is 19.4. The van der Waals surface area contributed by atoms with Gasteiger partial charge in [-0.2, -0.15) is 4.24 Å². The second kappa shape index (κ2) is 6.15. The molecule has 0 amide bonds. The summed E-state index contributed by atoms with van der Waals surface area (Å²) < 4.78 is 2.00. The third-order valence-electron chi connectivity index (χ3n) is 6.15. The van der Waals surface area contributed by atoms with Crippen LogP contribution in [0.4, 0.5) is 0 Å². The average molecular weight is 370 g/mol. The molecule has 4 aromatic rings. The number of pyridine rings is 1. The Balaban J connectivity index is 1.76. The molecule has 0 spiro atoms. The summed E-state index contributed by atoms with van der Waals surface area (Å²) in [7, 11) is 0. The number of hydrogen-bond donors (Lipinski definition) is 0. The lowest BCUT2D eigenvalue weighted by atomic mass is 9.83. The number of fused-ring (bicyclic) bond motifs is 6. The largest absolute Gasteiger partial charge is 0.225 e. The highest BCUT2D eigenvalue weighted by atomic mass is 14.8. The molecule has 1 aromatic heterocycles. The van der Waals surface area contributed by atoms with E-state index < -0.39 is 0 Å². The van der Waals surface area contributed by atoms with Gasteiger partial charge >= 0.3 is 0 Å². The number of rotatable bonds is 0. The Labute approximate surface area is 168 Å². The molecule has 29 heavy (non-hydrogen) atoms. The van der Waals surface area contributed by atoms with E-state index in [4.69, 9.17) is 0 Å². The Bertz CT molecular complexity index is 1620. The van der Waals surface area contributed by atoms with Crippen molar-refractivity contribution in [2.75, 3.05) is 0 Å². The number of allylic oxidation sites excluding steroid dienone is 6. The number of aromatic nitrogens is 1. The molecule has 6 rings (SSSR count). The van der Waals surface area contributed by atoms with Gasteiger partial charge in [-0.3, -0.25) is 0 Å². The second-order valence-corrected chi connectivity index (χ2v) is 7.78. The highest BCUT2D eigenvalue weighted by Gasteiger charge is 2.18. The Morgan fingerprint density at radius 1 is 0.793 bits per heavy atom. The van der Waals surface area contributed by atoms with Crippen molar-refractivity contribution in [1.82, 2.24) is 0 Å². The smallest absolute Gasteiger partial charge is 0.173 e. The molecule has 136 valence electrons. The fraction of sp³-hybridized carbons (Fsp3) is 0.0357. The van der Waals surface area contributed by atoms with Crippen LogP contribution in [0.25, 0.3) is 27.6 Å². The Morgan fingerprint density at radius 3 is 2.69 bits per heavy atom. The molecule has 0 saturated carbocycles. The van der Waals surface area contributed by atoms with E-state index >= 15 is 0 Å². The van der Waals surface area contributed by atoms with Crippen LogP contribution >= 0.6 is 0 Å². The van der Waals surface area contributed by atoms with E-state index in [-0.39, 0.29) is 0 Å². The molecule has 1 heteroatoms. The minimum atomic E-state index is 0.328. The molecule has 0 saturated heterocycles. The normalized spacial score (nSPS) is 18.2. The maximum absolute atomic E-state index is 4.29. The van der Waals surface area contributed by atoms with Gasteiger partial charge in [-0.25, -0.2) is 0 Å². The first-order valence-corrected chi connectivity index (χ1v) is 10.0. The predicted molar refractivity (Wildman–Crippen MR) is 120 cm³/mol. The van der Waals surface area contributed by atoms with Crippen LogP contribution in [0, 0.1) is 17.3 Å². The van der Waals surface area contributed by atoms with E-state index in [2.05, 4.69) is 110 Å². The maximum Gasteiger partial charge on any atom is 0.225 e. The van der Waals surface area contributed by atoms with Crippen molar-refractivity contribution in [3.05, 3.63) is 131 Å². The summed E-state index contributed by atoms with van der Waals surface area (Å²) in [6, 6.07) is 22.0. The summed E-state index contributed by atoms with van der Waals surface area (Å²) >= 11 is 0. The van der Waals surface area contributed by atoms with Crippen LogP contribution in [-0.2, 0) is 0 Å². The zero-order valence-corrected chi connectivity index (χ0v) is 16.0. The van der Waals surface area contributed by atoms with Crippen LogP contribution in [0.2, 0.25) is 0 Å². The van der Waals surface area contributed by atoms with Crippen molar-refractivity contribution >= 4 is 27.6 Å². The van der Waals surface area contributed by atoms with E-state index in [1.165, 1.54) is 43.1 Å². The van der Waals surface area contributed by atoms with Crippen molar-refractivity contribution < 1.29 is 4.24 Å². The molecule has 1 nitrogen and oxygen atoms in total. The topological polar surface area (TPSA) is 5.90 Å². The van der Waals surface area contributed by atoms with Crippen molar-refractivity contribution in [1.29, 1.82) is 0 Å². The van der Waals surface area contributed by atoms with Crippen molar-refractivity contribution in [2.24, 2.45) is 0 Å². The fourth-order valence-corrected chi connectivity index (χ4v) is 4.73. The Hall–Kier alpha value is -3.71. The Morgan fingerprint density at radius 2 is 1.72 bits per heavy atom. The quantitative estimate of drug-likeness (QED) is 0.299. The molecular weight excluding hydrogens is 350 g/mol. The molecule has 1 unspecified atom stereocenters. The summed E-state index contributed by atoms with van der Waals surface area (Å²) in [4.78, 5) is 0. The van der Waals surface area contributed by atoms with Gasteiger partial charge in [-0.05, 0) is 45.3 Å². The SMILES string of the molecule is C=[n+]1ccc2c(ccc3ccccc32)c1=c1ccc2c(c1)C1C=CC=CC1=CC=2. The molecule has 0 fully saturated rings. The van der Waals surface area contributed by atoms with Gasteiger partial charge in [0.15, 0.2) is 6.20 Å². The van der Waals surface area contributed by atoms with Gasteiger partial charge in [-0.15, -0.1) is 0 Å². The molecule has 2 aliphatic carbocycles. The predicted octanol–water partition coefficient (Wildman–Crippen LogP) is 5.14. The van der Waals surface area contributed by atoms with Gasteiger partial charge in [0, 0.05) is 22.6 Å². The summed E-state index contributed by atoms with van der Waals surface area (Å²) in [5.41, 5.74) is 2.71. The van der Waals surface area contributed by atoms with Crippen molar-refractivity contribution in [2.45, 2.75) is 5.92 Å². The first-order chi connectivity index (χ1) is 14.3. The summed E-state index contributed by atoms with van der Waals surface area (Å²) in [6.45, 7) is 4.29. The Kier molecular flexibility index (Phi) is 3.45. The molecule has 0 radical (unpaired) electrons. The molecular formula is C28H20N+. The summed E-state index contributed by atoms with van der Waals surface area (Å²) in [6.07, 6.45) is 15.3. The van der Waals surface area contributed by atoms with Crippen LogP contribution in [0.15, 0.2) is 103 Å². The summed E-state index contributed by atoms with van der Waals surface area (Å²) in [5, 5.41) is 8.70. The molecule has 3 aromatic carbocycles. The minimum Gasteiger partial charge on any atom is -0.173 e. The van der Waals surface area contributed by atoms with Crippen LogP contribution in [0.3, 0.4) is 0 Å². The van der Waals surface area contributed by atoms with E-state index in [0.717, 1.165) is 5.35 Å². The average Bonchev–Trinajstić information content (AvgIpc) is 2.78. The van der Waals surface area contributed by atoms with Gasteiger partial charge in [0.2, 0.25) is 5.35 Å². The number of benzene rings is 3. The molecule has 0 bridgehead atoms. The molecule has 1 heterocycles. The highest BCUT2D eigenvalue weighted by Crippen LogP contribution is 2.30. The van der Waals surface area contributed by atoms with Gasteiger partial charge < -0.3 is 0 Å². The minimum absolute atomic E-state index is 0.328. The molecule has 0 N–H and O–H groups in total. The fourth-order valence-electron chi connectivity index (χ4n) is 4.73. The number of hydrogen-bond acceptors (Lipinski definition) is 0. The maximum atomic E-state index is 4.29. The zero-order valence-electron chi connectivity index (χ0n) is 16.0. The lowest BCUT2D eigenvalue weighted by Crippen LogP contribution is -2.19. The first kappa shape index (κ1) is 16.3. The highest BCUT2D eigenvalue weighted by molar-refractivity contribution is 6.06. The third kappa shape index (κ3) is 2.44. The van der Waals surface area contributed by atoms with Crippen molar-refractivity contribution in [3.8, 4) is 0 Å². The van der Waals surface area contributed by atoms with Crippen LogP contribution in [0.5, 0.6) is 0 Å². The third-order valence-corrected chi connectivity index (χ3v) is 6.15. The molecule has 1 atom stereocenters. The van der Waals surface area contributed by atoms with E-state index in [1.54, 1.807) is 0 Å². The van der Waals surface area contributed by atoms with Crippen molar-refractivity contribution in [3.63, 3.8) is 0 Å². The van der Waals surface area contributed by atoms with E-state index in [1.807, 2.05) is 4.24 Å². The molecule has 0 aliphatic heterocycles. The first-order valence-electron chi connectivity index (χ1n) is 10.0. The van der Waals surface area contributed by atoms with Gasteiger partial charge in [0.1, 0.15) is 6.72 Å². The number of nitrogens with zero attached hydrogens (tertiary/aromatic N) is 1. The summed E-state index contributed by atoms with van der Waals surface area (Å²) in [5.74, 6) is 0.328. The van der Waals surface area contributed by atoms with Gasteiger partial charge in [-0.1, -0.05) is 72.9 Å². The van der Waals surface area contributed by atoms with Crippen LogP contribution < -0.4 is 9.46 Å². The van der Waals surface area contributed by atoms with E-state index in [9.17, 15) is 0 Å². The monoisotopic (exact) mass is 370 g/mol. The molecule has 2 aliphatic rings. The lowest BCUT2D eigenvalue weighted by Gasteiger charge is -2.20. The second-order valence-electron chi connectivity index (χ2n) is 7.78. The lowest BCUT2D eigenvalue weighted by molar-refractivity contribution is -0.508. The van der Waals surface area contributed by atoms with Gasteiger partial charge in [0.25, 0.3) is 0 Å². The van der Waals surface area contributed by atoms with E-state index in [0.29, 0.717) is 5.92 Å². The standard InChI is InChI=1S/C28H20N/c1-29-17-16-25-23-8-4-2-7-20(23)14-15-26(25)28(29)22-13-12-21-11-10-19-6-3-5-9-24(19)27(21)18-22/h2-18,24H,1H2/q+1. The van der Waals surface area contributed by atoms with Crippen LogP contribution in [-0.4, -0.2) is 0 Å². The van der Waals surface area contributed by atoms with Crippen LogP contribution in [0.1, 0.15) is 11.5 Å².